The predicted molar refractivity (Wildman–Crippen MR) is 75.1 cm³/mol. The molecule has 0 spiro atoms. The van der Waals surface area contributed by atoms with E-state index < -0.39 is 0 Å². The fraction of sp³-hybridized carbons (Fsp3) is 0.133. The Balaban J connectivity index is 1.92. The quantitative estimate of drug-likeness (QED) is 0.672. The van der Waals surface area contributed by atoms with Crippen molar-refractivity contribution in [3.8, 4) is 0 Å². The van der Waals surface area contributed by atoms with Crippen molar-refractivity contribution < 1.29 is 4.79 Å². The molecule has 0 saturated heterocycles. The number of benzene rings is 1. The molecule has 1 unspecified atom stereocenters. The fourth-order valence-electron chi connectivity index (χ4n) is 1.62. The molecular weight excluding hydrogens is 238 g/mol. The number of carbonyl (C=O) groups excluding carboxylic acids is 1. The van der Waals surface area contributed by atoms with Crippen LogP contribution in [0.3, 0.4) is 0 Å². The lowest BCUT2D eigenvalue weighted by molar-refractivity contribution is 0.0955. The molecule has 2 aromatic rings. The van der Waals surface area contributed by atoms with Crippen LogP contribution in [-0.2, 0) is 0 Å². The van der Waals surface area contributed by atoms with E-state index >= 15 is 0 Å². The molecule has 0 saturated carbocycles. The van der Waals surface area contributed by atoms with Crippen LogP contribution in [-0.4, -0.2) is 17.1 Å². The maximum absolute atomic E-state index is 11.7. The Morgan fingerprint density at radius 2 is 1.89 bits per heavy atom. The average molecular weight is 253 g/mol. The molecule has 1 atom stereocenters. The molecule has 0 radical (unpaired) electrons. The average Bonchev–Trinajstić information content (AvgIpc) is 2.49. The van der Waals surface area contributed by atoms with Crippen LogP contribution in [0.25, 0.3) is 0 Å². The topological polar surface area (TPSA) is 54.4 Å². The largest absolute Gasteiger partial charge is 0.271 e. The highest BCUT2D eigenvalue weighted by Crippen LogP contribution is 2.11. The number of rotatable bonds is 4. The van der Waals surface area contributed by atoms with Crippen molar-refractivity contribution in [1.82, 2.24) is 10.4 Å². The predicted octanol–water partition coefficient (Wildman–Crippen LogP) is 2.60. The van der Waals surface area contributed by atoms with Gasteiger partial charge in [0.2, 0.25) is 0 Å². The summed E-state index contributed by atoms with van der Waals surface area (Å²) in [6.07, 6.45) is 4.87. The summed E-state index contributed by atoms with van der Waals surface area (Å²) in [7, 11) is 0. The summed E-state index contributed by atoms with van der Waals surface area (Å²) in [6, 6.07) is 13.3. The highest BCUT2D eigenvalue weighted by atomic mass is 16.2. The van der Waals surface area contributed by atoms with Crippen LogP contribution >= 0.6 is 0 Å². The zero-order chi connectivity index (χ0) is 13.5. The summed E-state index contributed by atoms with van der Waals surface area (Å²) >= 11 is 0. The van der Waals surface area contributed by atoms with Gasteiger partial charge >= 0.3 is 0 Å². The Hall–Kier alpha value is -2.49. The number of carbonyl (C=O) groups is 1. The third-order valence-corrected chi connectivity index (χ3v) is 2.73. The minimum Gasteiger partial charge on any atom is -0.267 e. The molecule has 1 heterocycles. The van der Waals surface area contributed by atoms with Gasteiger partial charge in [0.25, 0.3) is 5.91 Å². The number of aromatic nitrogens is 1. The van der Waals surface area contributed by atoms with Crippen LogP contribution in [0, 0.1) is 0 Å². The lowest BCUT2D eigenvalue weighted by Gasteiger charge is -2.05. The number of hydrazone groups is 1. The number of amides is 1. The van der Waals surface area contributed by atoms with Gasteiger partial charge in [-0.1, -0.05) is 37.3 Å². The molecule has 2 rings (SSSR count). The number of hydrogen-bond acceptors (Lipinski definition) is 3. The molecule has 4 heteroatoms. The van der Waals surface area contributed by atoms with Gasteiger partial charge in [0.15, 0.2) is 0 Å². The smallest absolute Gasteiger partial charge is 0.267 e. The van der Waals surface area contributed by atoms with Gasteiger partial charge < -0.3 is 0 Å². The minimum absolute atomic E-state index is 0.152. The van der Waals surface area contributed by atoms with Crippen LogP contribution in [0.15, 0.2) is 60.0 Å². The Labute approximate surface area is 112 Å². The van der Waals surface area contributed by atoms with E-state index in [-0.39, 0.29) is 11.8 Å². The molecule has 0 aliphatic rings. The fourth-order valence-corrected chi connectivity index (χ4v) is 1.62. The van der Waals surface area contributed by atoms with E-state index in [1.165, 1.54) is 0 Å². The van der Waals surface area contributed by atoms with Gasteiger partial charge in [-0.05, 0) is 17.7 Å². The molecule has 1 aromatic heterocycles. The molecule has 96 valence electrons. The molecule has 19 heavy (non-hydrogen) atoms. The molecule has 1 N–H and O–H groups in total. The van der Waals surface area contributed by atoms with Crippen LogP contribution in [0.4, 0.5) is 0 Å². The third-order valence-electron chi connectivity index (χ3n) is 2.73. The van der Waals surface area contributed by atoms with Gasteiger partial charge in [-0.2, -0.15) is 5.10 Å². The summed E-state index contributed by atoms with van der Waals surface area (Å²) in [5.74, 6) is -0.0853. The van der Waals surface area contributed by atoms with Gasteiger partial charge in [0.05, 0.1) is 0 Å². The van der Waals surface area contributed by atoms with Crippen LogP contribution in [0.1, 0.15) is 28.8 Å². The second kappa shape index (κ2) is 6.44. The second-order valence-corrected chi connectivity index (χ2v) is 4.15. The lowest BCUT2D eigenvalue weighted by Crippen LogP contribution is -2.18. The number of nitrogens with one attached hydrogen (secondary N) is 1. The summed E-state index contributed by atoms with van der Waals surface area (Å²) in [5, 5.41) is 3.98. The molecule has 1 aromatic carbocycles. The van der Waals surface area contributed by atoms with E-state index in [0.717, 1.165) is 5.56 Å². The zero-order valence-electron chi connectivity index (χ0n) is 10.7. The van der Waals surface area contributed by atoms with Gasteiger partial charge in [0.1, 0.15) is 0 Å². The van der Waals surface area contributed by atoms with Gasteiger partial charge in [-0.25, -0.2) is 5.43 Å². The molecule has 0 aliphatic carbocycles. The Morgan fingerprint density at radius 1 is 1.21 bits per heavy atom. The van der Waals surface area contributed by atoms with E-state index in [0.29, 0.717) is 5.56 Å². The van der Waals surface area contributed by atoms with Crippen LogP contribution in [0.2, 0.25) is 0 Å². The molecule has 4 nitrogen and oxygen atoms in total. The first-order valence-corrected chi connectivity index (χ1v) is 6.06. The molecular formula is C15H15N3O. The van der Waals surface area contributed by atoms with Crippen LogP contribution in [0.5, 0.6) is 0 Å². The first-order chi connectivity index (χ1) is 9.27. The van der Waals surface area contributed by atoms with E-state index in [2.05, 4.69) is 15.5 Å². The molecule has 0 bridgehead atoms. The summed E-state index contributed by atoms with van der Waals surface area (Å²) in [5.41, 5.74) is 4.20. The maximum atomic E-state index is 11.7. The van der Waals surface area contributed by atoms with Gasteiger partial charge in [-0.15, -0.1) is 0 Å². The van der Waals surface area contributed by atoms with Crippen molar-refractivity contribution in [1.29, 1.82) is 0 Å². The second-order valence-electron chi connectivity index (χ2n) is 4.15. The normalized spacial score (nSPS) is 12.3. The van der Waals surface area contributed by atoms with Crippen molar-refractivity contribution in [2.75, 3.05) is 0 Å². The Morgan fingerprint density at radius 3 is 2.58 bits per heavy atom. The van der Waals surface area contributed by atoms with E-state index in [1.54, 1.807) is 30.7 Å². The first kappa shape index (κ1) is 13.0. The third kappa shape index (κ3) is 3.74. The molecule has 0 aliphatic heterocycles. The minimum atomic E-state index is -0.237. The van der Waals surface area contributed by atoms with Gasteiger partial charge in [-0.3, -0.25) is 9.78 Å². The summed E-state index contributed by atoms with van der Waals surface area (Å²) in [4.78, 5) is 15.6. The number of nitrogens with zero attached hydrogens (tertiary/aromatic N) is 2. The maximum Gasteiger partial charge on any atom is 0.271 e. The first-order valence-electron chi connectivity index (χ1n) is 6.06. The van der Waals surface area contributed by atoms with Crippen molar-refractivity contribution in [3.05, 3.63) is 66.0 Å². The number of hydrogen-bond donors (Lipinski definition) is 1. The number of pyridine rings is 1. The summed E-state index contributed by atoms with van der Waals surface area (Å²) < 4.78 is 0. The molecule has 0 fully saturated rings. The van der Waals surface area contributed by atoms with Crippen molar-refractivity contribution in [2.45, 2.75) is 12.8 Å². The van der Waals surface area contributed by atoms with Crippen molar-refractivity contribution >= 4 is 12.1 Å². The highest BCUT2D eigenvalue weighted by molar-refractivity contribution is 5.94. The van der Waals surface area contributed by atoms with E-state index in [1.807, 2.05) is 37.3 Å². The van der Waals surface area contributed by atoms with E-state index in [9.17, 15) is 4.79 Å². The highest BCUT2D eigenvalue weighted by Gasteiger charge is 2.03. The SMILES string of the molecule is CC(/C=N/NC(=O)c1ccncc1)c1ccccc1. The standard InChI is InChI=1S/C15H15N3O/c1-12(13-5-3-2-4-6-13)11-17-18-15(19)14-7-9-16-10-8-14/h2-12H,1H3,(H,18,19)/b17-11+. The van der Waals surface area contributed by atoms with Crippen molar-refractivity contribution in [2.24, 2.45) is 5.10 Å². The summed E-state index contributed by atoms with van der Waals surface area (Å²) in [6.45, 7) is 2.03. The van der Waals surface area contributed by atoms with Crippen molar-refractivity contribution in [3.63, 3.8) is 0 Å². The van der Waals surface area contributed by atoms with Gasteiger partial charge in [0, 0.05) is 30.1 Å². The van der Waals surface area contributed by atoms with Crippen LogP contribution < -0.4 is 5.43 Å². The Bertz CT molecular complexity index is 552. The molecule has 1 amide bonds. The van der Waals surface area contributed by atoms with E-state index in [4.69, 9.17) is 0 Å². The zero-order valence-corrected chi connectivity index (χ0v) is 10.7. The monoisotopic (exact) mass is 253 g/mol. The lowest BCUT2D eigenvalue weighted by atomic mass is 10.0. The Kier molecular flexibility index (Phi) is 4.39.